The minimum absolute atomic E-state index is 0.182. The molecule has 1 saturated heterocycles. The van der Waals surface area contributed by atoms with Crippen molar-refractivity contribution in [1.29, 1.82) is 0 Å². The number of hydrogen-bond acceptors (Lipinski definition) is 2. The molecule has 0 radical (unpaired) electrons. The molecule has 2 atom stereocenters. The summed E-state index contributed by atoms with van der Waals surface area (Å²) in [5.74, 6) is 0. The number of nitro benzene ring substituents is 1. The van der Waals surface area contributed by atoms with Crippen molar-refractivity contribution in [3.05, 3.63) is 38.9 Å². The van der Waals surface area contributed by atoms with Gasteiger partial charge in [0.15, 0.2) is 0 Å². The third-order valence-electron chi connectivity index (χ3n) is 3.72. The molecule has 2 rings (SSSR count). The van der Waals surface area contributed by atoms with Gasteiger partial charge in [-0.2, -0.15) is 0 Å². The van der Waals surface area contributed by atoms with Crippen LogP contribution in [0.4, 0.5) is 5.69 Å². The molecule has 0 aromatic heterocycles. The van der Waals surface area contributed by atoms with Crippen molar-refractivity contribution < 1.29 is 14.7 Å². The fourth-order valence-corrected chi connectivity index (χ4v) is 2.79. The molecule has 1 aromatic carbocycles. The largest absolute Gasteiger partial charge is 0.333 e. The van der Waals surface area contributed by atoms with Gasteiger partial charge in [-0.05, 0) is 12.1 Å². The third-order valence-corrected chi connectivity index (χ3v) is 3.95. The first kappa shape index (κ1) is 14.2. The Morgan fingerprint density at radius 3 is 2.84 bits per heavy atom. The van der Waals surface area contributed by atoms with Crippen molar-refractivity contribution in [3.63, 3.8) is 0 Å². The van der Waals surface area contributed by atoms with Crippen LogP contribution in [-0.2, 0) is 6.54 Å². The van der Waals surface area contributed by atoms with E-state index in [1.54, 1.807) is 12.1 Å². The van der Waals surface area contributed by atoms with Crippen LogP contribution in [0.5, 0.6) is 0 Å². The summed E-state index contributed by atoms with van der Waals surface area (Å²) < 4.78 is 0. The fourth-order valence-electron chi connectivity index (χ4n) is 2.60. The number of rotatable bonds is 3. The first-order valence-corrected chi connectivity index (χ1v) is 7.02. The molecular weight excluding hydrogens is 266 g/mol. The van der Waals surface area contributed by atoms with Gasteiger partial charge in [0.05, 0.1) is 30.6 Å². The predicted octanol–water partition coefficient (Wildman–Crippen LogP) is -0.448. The maximum absolute atomic E-state index is 11.0. The normalized spacial score (nSPS) is 23.9. The van der Waals surface area contributed by atoms with Gasteiger partial charge in [0.1, 0.15) is 19.6 Å². The van der Waals surface area contributed by atoms with Crippen molar-refractivity contribution in [1.82, 2.24) is 0 Å². The number of benzene rings is 1. The second kappa shape index (κ2) is 6.32. The average Bonchev–Trinajstić information content (AvgIpc) is 2.54. The summed E-state index contributed by atoms with van der Waals surface area (Å²) in [5.41, 5.74) is 0.925. The van der Waals surface area contributed by atoms with E-state index in [0.717, 1.165) is 31.6 Å². The zero-order valence-electron chi connectivity index (χ0n) is 11.1. The van der Waals surface area contributed by atoms with E-state index in [-0.39, 0.29) is 10.6 Å². The van der Waals surface area contributed by atoms with Crippen molar-refractivity contribution >= 4 is 17.3 Å². The molecule has 0 amide bonds. The minimum atomic E-state index is -0.319. The molecule has 0 aliphatic carbocycles. The number of nitrogens with zero attached hydrogens (tertiary/aromatic N) is 1. The average molecular weight is 286 g/mol. The Morgan fingerprint density at radius 2 is 2.11 bits per heavy atom. The van der Waals surface area contributed by atoms with Crippen LogP contribution in [0, 0.1) is 10.1 Å². The van der Waals surface area contributed by atoms with Crippen LogP contribution < -0.4 is 9.80 Å². The lowest BCUT2D eigenvalue weighted by molar-refractivity contribution is -0.938. The molecule has 1 aliphatic rings. The maximum atomic E-state index is 11.0. The predicted molar refractivity (Wildman–Crippen MR) is 73.7 cm³/mol. The number of nitro groups is 1. The molecule has 1 aromatic rings. The summed E-state index contributed by atoms with van der Waals surface area (Å²) >= 11 is 5.96. The second-order valence-electron chi connectivity index (χ2n) is 5.27. The first-order chi connectivity index (χ1) is 9.06. The van der Waals surface area contributed by atoms with Gasteiger partial charge >= 0.3 is 0 Å². The van der Waals surface area contributed by atoms with Gasteiger partial charge in [-0.1, -0.05) is 11.6 Å². The van der Waals surface area contributed by atoms with Crippen molar-refractivity contribution in [3.8, 4) is 0 Å². The number of halogens is 1. The Bertz CT molecular complexity index is 467. The monoisotopic (exact) mass is 285 g/mol. The first-order valence-electron chi connectivity index (χ1n) is 6.64. The number of hydrogen-bond donors (Lipinski definition) is 2. The molecule has 2 unspecified atom stereocenters. The Kier molecular flexibility index (Phi) is 4.74. The van der Waals surface area contributed by atoms with Crippen LogP contribution >= 0.6 is 11.6 Å². The molecule has 104 valence electrons. The molecule has 6 heteroatoms. The van der Waals surface area contributed by atoms with Crippen LogP contribution in [0.3, 0.4) is 0 Å². The quantitative estimate of drug-likeness (QED) is 0.584. The molecule has 1 aliphatic heterocycles. The lowest BCUT2D eigenvalue weighted by atomic mass is 10.1. The van der Waals surface area contributed by atoms with Gasteiger partial charge in [-0.15, -0.1) is 0 Å². The van der Waals surface area contributed by atoms with Crippen LogP contribution in [-0.4, -0.2) is 38.2 Å². The molecule has 1 fully saturated rings. The molecule has 0 bridgehead atoms. The van der Waals surface area contributed by atoms with E-state index in [9.17, 15) is 10.1 Å². The molecule has 2 N–H and O–H groups in total. The van der Waals surface area contributed by atoms with Crippen LogP contribution in [0.2, 0.25) is 5.02 Å². The minimum Gasteiger partial charge on any atom is -0.333 e. The smallest absolute Gasteiger partial charge is 0.278 e. The zero-order valence-corrected chi connectivity index (χ0v) is 11.9. The maximum Gasteiger partial charge on any atom is 0.278 e. The summed E-state index contributed by atoms with van der Waals surface area (Å²) in [7, 11) is 2.20. The topological polar surface area (TPSA) is 52.0 Å². The molecule has 0 saturated carbocycles. The summed E-state index contributed by atoms with van der Waals surface area (Å²) in [6.07, 6.45) is 1.16. The highest BCUT2D eigenvalue weighted by Crippen LogP contribution is 2.21. The standard InChI is InChI=1S/C13H18ClN3O2/c1-15-5-2-6-16(8-7-15)10-11-9-12(14)3-4-13(11)17(18)19/h3-4,9H,2,5-8,10H2,1H3/p+2. The van der Waals surface area contributed by atoms with Gasteiger partial charge in [-0.25, -0.2) is 0 Å². The van der Waals surface area contributed by atoms with E-state index in [4.69, 9.17) is 11.6 Å². The molecule has 19 heavy (non-hydrogen) atoms. The van der Waals surface area contributed by atoms with Crippen molar-refractivity contribution in [2.24, 2.45) is 0 Å². The molecule has 1 heterocycles. The fraction of sp³-hybridized carbons (Fsp3) is 0.538. The Labute approximate surface area is 117 Å². The molecule has 5 nitrogen and oxygen atoms in total. The van der Waals surface area contributed by atoms with Crippen LogP contribution in [0.15, 0.2) is 18.2 Å². The van der Waals surface area contributed by atoms with E-state index < -0.39 is 0 Å². The van der Waals surface area contributed by atoms with Crippen LogP contribution in [0.1, 0.15) is 12.0 Å². The Hall–Kier alpha value is -1.17. The van der Waals surface area contributed by atoms with Crippen molar-refractivity contribution in [2.45, 2.75) is 13.0 Å². The van der Waals surface area contributed by atoms with Gasteiger partial charge in [0, 0.05) is 17.5 Å². The molecular formula is C13H20ClN3O2+2. The highest BCUT2D eigenvalue weighted by molar-refractivity contribution is 6.30. The van der Waals surface area contributed by atoms with Gasteiger partial charge < -0.3 is 9.80 Å². The molecule has 0 spiro atoms. The van der Waals surface area contributed by atoms with Gasteiger partial charge in [0.2, 0.25) is 0 Å². The van der Waals surface area contributed by atoms with Gasteiger partial charge in [-0.3, -0.25) is 10.1 Å². The highest BCUT2D eigenvalue weighted by atomic mass is 35.5. The van der Waals surface area contributed by atoms with Crippen molar-refractivity contribution in [2.75, 3.05) is 33.2 Å². The third kappa shape index (κ3) is 3.89. The SMILES string of the molecule is C[NH+]1CCC[NH+](Cc2cc(Cl)ccc2[N+](=O)[O-])CC1. The Morgan fingerprint density at radius 1 is 1.32 bits per heavy atom. The summed E-state index contributed by atoms with van der Waals surface area (Å²) in [5, 5.41) is 11.6. The van der Waals surface area contributed by atoms with E-state index in [0.29, 0.717) is 11.6 Å². The lowest BCUT2D eigenvalue weighted by Gasteiger charge is -2.16. The zero-order chi connectivity index (χ0) is 13.8. The van der Waals surface area contributed by atoms with E-state index in [2.05, 4.69) is 7.05 Å². The highest BCUT2D eigenvalue weighted by Gasteiger charge is 2.22. The van der Waals surface area contributed by atoms with Crippen LogP contribution in [0.25, 0.3) is 0 Å². The summed E-state index contributed by atoms with van der Waals surface area (Å²) in [6.45, 7) is 5.10. The summed E-state index contributed by atoms with van der Waals surface area (Å²) in [6, 6.07) is 4.82. The van der Waals surface area contributed by atoms with Gasteiger partial charge in [0.25, 0.3) is 5.69 Å². The number of likely N-dealkylation sites (N-methyl/N-ethyl adjacent to an activating group) is 1. The second-order valence-corrected chi connectivity index (χ2v) is 5.70. The number of nitrogens with one attached hydrogen (secondary N) is 2. The summed E-state index contributed by atoms with van der Waals surface area (Å²) in [4.78, 5) is 13.7. The van der Waals surface area contributed by atoms with E-state index >= 15 is 0 Å². The number of quaternary nitrogens is 2. The Balaban J connectivity index is 2.13. The van der Waals surface area contributed by atoms with E-state index in [1.165, 1.54) is 22.4 Å². The lowest BCUT2D eigenvalue weighted by Crippen LogP contribution is -3.15. The van der Waals surface area contributed by atoms with E-state index in [1.807, 2.05) is 0 Å².